The van der Waals surface area contributed by atoms with E-state index in [4.69, 9.17) is 4.98 Å². The number of alkyl halides is 1. The Hall–Kier alpha value is -5.18. The van der Waals surface area contributed by atoms with E-state index in [1.807, 2.05) is 69.3 Å². The van der Waals surface area contributed by atoms with Gasteiger partial charge in [-0.1, -0.05) is 75.4 Å². The highest BCUT2D eigenvalue weighted by Gasteiger charge is 2.62. The minimum absolute atomic E-state index is 0.0243. The quantitative estimate of drug-likeness (QED) is 0.227. The fourth-order valence-corrected chi connectivity index (χ4v) is 9.56. The van der Waals surface area contributed by atoms with Crippen LogP contribution >= 0.6 is 0 Å². The molecule has 0 spiro atoms. The summed E-state index contributed by atoms with van der Waals surface area (Å²) in [6.45, 7) is 9.69. The van der Waals surface area contributed by atoms with E-state index in [-0.39, 0.29) is 57.6 Å². The maximum atomic E-state index is 14.8. The number of fused-ring (bicyclic) bond motifs is 1. The third-order valence-corrected chi connectivity index (χ3v) is 13.8. The molecule has 2 saturated carbocycles. The predicted octanol–water partition coefficient (Wildman–Crippen LogP) is 4.28. The number of halogens is 1. The Morgan fingerprint density at radius 3 is 2.31 bits per heavy atom. The van der Waals surface area contributed by atoms with Gasteiger partial charge in [-0.2, -0.15) is 0 Å². The molecule has 2 aliphatic carbocycles. The van der Waals surface area contributed by atoms with Crippen molar-refractivity contribution in [1.29, 1.82) is 0 Å². The second-order valence-electron chi connectivity index (χ2n) is 17.2. The van der Waals surface area contributed by atoms with Gasteiger partial charge >= 0.3 is 0 Å². The minimum atomic E-state index is -3.94. The minimum Gasteiger partial charge on any atom is -0.347 e. The molecule has 4 aliphatic rings. The highest BCUT2D eigenvalue weighted by molar-refractivity contribution is 7.91. The van der Waals surface area contributed by atoms with Gasteiger partial charge in [0.05, 0.1) is 27.9 Å². The first kappa shape index (κ1) is 41.0. The first-order valence-electron chi connectivity index (χ1n) is 20.0. The standard InChI is InChI=1S/C43H51FN6O7S/c1-5-27-24-43(27,41(55)48-58(56,57)30-15-16-30)47-39(53)36-21-29(25-50(36)40(54)33(42(2,3)4)23-37(51)49-19-17-28(44)18-20-49)45-38(52)32-22-35(26-11-7-6-8-12-26)46-34-14-10-9-13-31(32)34/h5-14,22,27-30,33,36H,1,15-21,23-25H2,2-4H3,(H,45,52)(H,47,53)(H,48,55)/t27?,29-,33-,36+,43?/m1/s1. The third kappa shape index (κ3) is 8.50. The zero-order valence-electron chi connectivity index (χ0n) is 33.1. The van der Waals surface area contributed by atoms with Crippen LogP contribution < -0.4 is 15.4 Å². The van der Waals surface area contributed by atoms with Crippen molar-refractivity contribution in [3.05, 3.63) is 78.9 Å². The average Bonchev–Trinajstić information content (AvgIpc) is 4.13. The molecule has 0 bridgehead atoms. The Morgan fingerprint density at radius 1 is 1.00 bits per heavy atom. The summed E-state index contributed by atoms with van der Waals surface area (Å²) in [6, 6.07) is 16.5. The summed E-state index contributed by atoms with van der Waals surface area (Å²) in [5.74, 6) is -4.23. The number of para-hydroxylation sites is 1. The van der Waals surface area contributed by atoms with Crippen molar-refractivity contribution in [3.63, 3.8) is 0 Å². The van der Waals surface area contributed by atoms with Crippen molar-refractivity contribution in [2.45, 2.75) is 94.8 Å². The van der Waals surface area contributed by atoms with Crippen LogP contribution in [0, 0.1) is 17.3 Å². The van der Waals surface area contributed by atoms with Gasteiger partial charge in [0, 0.05) is 49.0 Å². The molecule has 7 rings (SSSR count). The fraction of sp³-hybridized carbons (Fsp3) is 0.488. The van der Waals surface area contributed by atoms with E-state index in [1.165, 1.54) is 11.0 Å². The molecule has 1 aromatic heterocycles. The summed E-state index contributed by atoms with van der Waals surface area (Å²) >= 11 is 0. The molecule has 58 heavy (non-hydrogen) atoms. The number of pyridine rings is 1. The van der Waals surface area contributed by atoms with Crippen LogP contribution in [0.5, 0.6) is 0 Å². The monoisotopic (exact) mass is 814 g/mol. The van der Waals surface area contributed by atoms with Crippen LogP contribution in [0.25, 0.3) is 22.2 Å². The maximum absolute atomic E-state index is 14.8. The molecule has 3 aromatic rings. The number of piperidine rings is 1. The molecule has 0 radical (unpaired) electrons. The Kier molecular flexibility index (Phi) is 11.2. The average molecular weight is 815 g/mol. The highest BCUT2D eigenvalue weighted by atomic mass is 32.2. The summed E-state index contributed by atoms with van der Waals surface area (Å²) in [7, 11) is -3.94. The van der Waals surface area contributed by atoms with E-state index in [0.717, 1.165) is 5.56 Å². The molecule has 4 fully saturated rings. The lowest BCUT2D eigenvalue weighted by Gasteiger charge is -2.37. The summed E-state index contributed by atoms with van der Waals surface area (Å²) in [5, 5.41) is 5.79. The molecule has 2 aliphatic heterocycles. The molecule has 2 aromatic carbocycles. The molecule has 5 amide bonds. The zero-order valence-corrected chi connectivity index (χ0v) is 33.9. The second-order valence-corrected chi connectivity index (χ2v) is 19.2. The van der Waals surface area contributed by atoms with E-state index in [2.05, 4.69) is 21.9 Å². The van der Waals surface area contributed by atoms with E-state index >= 15 is 0 Å². The summed E-state index contributed by atoms with van der Waals surface area (Å²) in [6.07, 6.45) is 1.74. The Morgan fingerprint density at radius 2 is 1.67 bits per heavy atom. The van der Waals surface area contributed by atoms with Crippen molar-refractivity contribution in [2.75, 3.05) is 19.6 Å². The predicted molar refractivity (Wildman–Crippen MR) is 216 cm³/mol. The van der Waals surface area contributed by atoms with Crippen LogP contribution in [0.3, 0.4) is 0 Å². The van der Waals surface area contributed by atoms with Gasteiger partial charge in [0.15, 0.2) is 0 Å². The molecule has 13 nitrogen and oxygen atoms in total. The fourth-order valence-electron chi connectivity index (χ4n) is 8.20. The van der Waals surface area contributed by atoms with Crippen LogP contribution in [0.15, 0.2) is 73.3 Å². The normalized spacial score (nSPS) is 24.2. The number of nitrogens with one attached hydrogen (secondary N) is 3. The van der Waals surface area contributed by atoms with Crippen molar-refractivity contribution >= 4 is 50.5 Å². The molecule has 308 valence electrons. The molecule has 15 heteroatoms. The van der Waals surface area contributed by atoms with Crippen LogP contribution in [0.2, 0.25) is 0 Å². The zero-order chi connectivity index (χ0) is 41.6. The van der Waals surface area contributed by atoms with Gasteiger partial charge < -0.3 is 20.4 Å². The number of carbonyl (C=O) groups excluding carboxylic acids is 5. The largest absolute Gasteiger partial charge is 0.347 e. The van der Waals surface area contributed by atoms with Crippen molar-refractivity contribution in [2.24, 2.45) is 17.3 Å². The topological polar surface area (TPSA) is 175 Å². The van der Waals surface area contributed by atoms with E-state index < -0.39 is 79.9 Å². The smallest absolute Gasteiger partial charge is 0.259 e. The lowest BCUT2D eigenvalue weighted by molar-refractivity contribution is -0.149. The molecule has 2 unspecified atom stereocenters. The molecule has 3 heterocycles. The molecule has 2 saturated heterocycles. The lowest BCUT2D eigenvalue weighted by Crippen LogP contribution is -2.57. The number of sulfonamides is 1. The van der Waals surface area contributed by atoms with Gasteiger partial charge in [0.2, 0.25) is 27.7 Å². The van der Waals surface area contributed by atoms with Gasteiger partial charge in [-0.25, -0.2) is 17.8 Å². The van der Waals surface area contributed by atoms with Gasteiger partial charge in [0.1, 0.15) is 17.8 Å². The molecule has 5 atom stereocenters. The van der Waals surface area contributed by atoms with Gasteiger partial charge in [-0.15, -0.1) is 6.58 Å². The van der Waals surface area contributed by atoms with Crippen LogP contribution in [0.4, 0.5) is 4.39 Å². The number of benzene rings is 2. The van der Waals surface area contributed by atoms with Crippen molar-refractivity contribution in [1.82, 2.24) is 30.1 Å². The van der Waals surface area contributed by atoms with Crippen LogP contribution in [-0.2, 0) is 29.2 Å². The first-order chi connectivity index (χ1) is 27.5. The van der Waals surface area contributed by atoms with Crippen LogP contribution in [0.1, 0.15) is 76.1 Å². The van der Waals surface area contributed by atoms with Gasteiger partial charge in [-0.05, 0) is 56.1 Å². The second kappa shape index (κ2) is 15.9. The number of aromatic nitrogens is 1. The van der Waals surface area contributed by atoms with Gasteiger partial charge in [0.25, 0.3) is 11.8 Å². The maximum Gasteiger partial charge on any atom is 0.259 e. The Balaban J connectivity index is 1.18. The number of hydrogen-bond acceptors (Lipinski definition) is 8. The van der Waals surface area contributed by atoms with Crippen molar-refractivity contribution < 1.29 is 36.8 Å². The number of likely N-dealkylation sites (tertiary alicyclic amines) is 2. The molecule has 3 N–H and O–H groups in total. The number of hydrogen-bond donors (Lipinski definition) is 3. The third-order valence-electron chi connectivity index (χ3n) is 12.0. The number of carbonyl (C=O) groups is 5. The van der Waals surface area contributed by atoms with Crippen molar-refractivity contribution in [3.8, 4) is 11.3 Å². The highest BCUT2D eigenvalue weighted by Crippen LogP contribution is 2.46. The first-order valence-corrected chi connectivity index (χ1v) is 21.5. The Labute approximate surface area is 338 Å². The van der Waals surface area contributed by atoms with E-state index in [1.54, 1.807) is 17.0 Å². The number of rotatable bonds is 12. The number of nitrogens with zero attached hydrogens (tertiary/aromatic N) is 3. The Bertz CT molecular complexity index is 2240. The van der Waals surface area contributed by atoms with E-state index in [9.17, 15) is 36.8 Å². The molecular formula is C43H51FN6O7S. The van der Waals surface area contributed by atoms with Gasteiger partial charge in [-0.3, -0.25) is 28.7 Å². The lowest BCUT2D eigenvalue weighted by atomic mass is 9.77. The summed E-state index contributed by atoms with van der Waals surface area (Å²) in [5.41, 5.74) is 0.0186. The summed E-state index contributed by atoms with van der Waals surface area (Å²) < 4.78 is 41.6. The molecular weight excluding hydrogens is 764 g/mol. The summed E-state index contributed by atoms with van der Waals surface area (Å²) in [4.78, 5) is 78.4. The van der Waals surface area contributed by atoms with Crippen LogP contribution in [-0.4, -0.2) is 101 Å². The van der Waals surface area contributed by atoms with E-state index in [0.29, 0.717) is 35.0 Å². The SMILES string of the molecule is C=CC1CC1(NC(=O)[C@@H]1C[C@@H](NC(=O)c2cc(-c3ccccc3)nc3ccccc23)CN1C(=O)[C@@H](CC(=O)N1CCC(F)CC1)C(C)(C)C)C(=O)NS(=O)(=O)C1CC1. The number of amides is 5.